The number of hydrogen-bond donors (Lipinski definition) is 0. The predicted octanol–water partition coefficient (Wildman–Crippen LogP) is 13.0. The second kappa shape index (κ2) is 13.5. The summed E-state index contributed by atoms with van der Waals surface area (Å²) >= 11 is 0. The molecular formula is C52H33N5. The Kier molecular flexibility index (Phi) is 7.74. The highest BCUT2D eigenvalue weighted by Gasteiger charge is 2.20. The maximum absolute atomic E-state index is 5.48. The van der Waals surface area contributed by atoms with Gasteiger partial charge in [0.15, 0.2) is 17.5 Å². The van der Waals surface area contributed by atoms with E-state index in [1.165, 1.54) is 21.8 Å². The van der Waals surface area contributed by atoms with Crippen LogP contribution in [0.5, 0.6) is 0 Å². The van der Waals surface area contributed by atoms with Crippen LogP contribution in [0.3, 0.4) is 0 Å². The molecular weight excluding hydrogens is 695 g/mol. The van der Waals surface area contributed by atoms with Gasteiger partial charge >= 0.3 is 0 Å². The average Bonchev–Trinajstić information content (AvgIpc) is 3.63. The summed E-state index contributed by atoms with van der Waals surface area (Å²) in [6, 6.07) is 69.7. The number of aromatic nitrogens is 5. The summed E-state index contributed by atoms with van der Waals surface area (Å²) in [5.74, 6) is 1.77. The molecule has 0 aliphatic rings. The van der Waals surface area contributed by atoms with Crippen LogP contribution in [0, 0.1) is 0 Å². The highest BCUT2D eigenvalue weighted by Crippen LogP contribution is 2.41. The molecule has 0 saturated carbocycles. The van der Waals surface area contributed by atoms with Gasteiger partial charge in [-0.25, -0.2) is 19.9 Å². The molecule has 266 valence electrons. The highest BCUT2D eigenvalue weighted by molar-refractivity contribution is 6.19. The van der Waals surface area contributed by atoms with Crippen LogP contribution in [0.2, 0.25) is 0 Å². The van der Waals surface area contributed by atoms with Gasteiger partial charge in [-0.2, -0.15) is 0 Å². The third-order valence-electron chi connectivity index (χ3n) is 10.9. The minimum absolute atomic E-state index is 0.569. The van der Waals surface area contributed by atoms with E-state index in [1.807, 2.05) is 36.4 Å². The molecule has 0 radical (unpaired) electrons. The first-order valence-corrected chi connectivity index (χ1v) is 19.2. The lowest BCUT2D eigenvalue weighted by molar-refractivity contribution is 1.07. The van der Waals surface area contributed by atoms with Crippen molar-refractivity contribution in [2.75, 3.05) is 0 Å². The van der Waals surface area contributed by atoms with E-state index in [2.05, 4.69) is 168 Å². The van der Waals surface area contributed by atoms with E-state index >= 15 is 0 Å². The molecule has 0 amide bonds. The normalized spacial score (nSPS) is 11.5. The van der Waals surface area contributed by atoms with Gasteiger partial charge in [0.1, 0.15) is 0 Å². The fourth-order valence-corrected chi connectivity index (χ4v) is 8.23. The SMILES string of the molecule is c1ccc(-c2nc(-c3ccc(-n4c5ccccc5c5ccccc54)cc3)nc(-c3cccc4c3nc(-c3ccccc3)c3cccc(-c5ccccc5)c34)n2)cc1. The van der Waals surface area contributed by atoms with E-state index in [0.29, 0.717) is 17.5 Å². The smallest absolute Gasteiger partial charge is 0.166 e. The van der Waals surface area contributed by atoms with Crippen molar-refractivity contribution in [3.63, 3.8) is 0 Å². The summed E-state index contributed by atoms with van der Waals surface area (Å²) in [4.78, 5) is 21.0. The molecule has 0 atom stereocenters. The van der Waals surface area contributed by atoms with Crippen molar-refractivity contribution in [1.29, 1.82) is 0 Å². The molecule has 5 nitrogen and oxygen atoms in total. The molecule has 11 aromatic rings. The quantitative estimate of drug-likeness (QED) is 0.160. The zero-order valence-electron chi connectivity index (χ0n) is 30.8. The Balaban J connectivity index is 1.13. The van der Waals surface area contributed by atoms with Crippen LogP contribution in [-0.2, 0) is 0 Å². The lowest BCUT2D eigenvalue weighted by Gasteiger charge is -2.16. The second-order valence-corrected chi connectivity index (χ2v) is 14.2. The molecule has 11 rings (SSSR count). The van der Waals surface area contributed by atoms with Crippen LogP contribution in [0.15, 0.2) is 200 Å². The van der Waals surface area contributed by atoms with Gasteiger partial charge in [0.05, 0.1) is 22.2 Å². The second-order valence-electron chi connectivity index (χ2n) is 14.2. The first kappa shape index (κ1) is 32.7. The maximum Gasteiger partial charge on any atom is 0.166 e. The Morgan fingerprint density at radius 2 is 0.772 bits per heavy atom. The Morgan fingerprint density at radius 3 is 1.40 bits per heavy atom. The van der Waals surface area contributed by atoms with Crippen molar-refractivity contribution in [1.82, 2.24) is 24.5 Å². The number of pyridine rings is 1. The fraction of sp³-hybridized carbons (Fsp3) is 0. The lowest BCUT2D eigenvalue weighted by Crippen LogP contribution is -2.02. The van der Waals surface area contributed by atoms with Crippen LogP contribution in [0.1, 0.15) is 0 Å². The van der Waals surface area contributed by atoms with E-state index in [-0.39, 0.29) is 0 Å². The Hall–Kier alpha value is -7.76. The van der Waals surface area contributed by atoms with E-state index in [9.17, 15) is 0 Å². The Labute approximate surface area is 329 Å². The van der Waals surface area contributed by atoms with Gasteiger partial charge in [-0.15, -0.1) is 0 Å². The minimum Gasteiger partial charge on any atom is -0.309 e. The van der Waals surface area contributed by atoms with Gasteiger partial charge in [-0.1, -0.05) is 158 Å². The van der Waals surface area contributed by atoms with Crippen LogP contribution in [0.4, 0.5) is 0 Å². The Morgan fingerprint density at radius 1 is 0.298 bits per heavy atom. The molecule has 3 aromatic heterocycles. The number of fused-ring (bicyclic) bond motifs is 6. The lowest BCUT2D eigenvalue weighted by atomic mass is 9.92. The number of rotatable bonds is 6. The highest BCUT2D eigenvalue weighted by atomic mass is 15.0. The van der Waals surface area contributed by atoms with Gasteiger partial charge in [0, 0.05) is 54.9 Å². The first-order valence-electron chi connectivity index (χ1n) is 19.2. The molecule has 0 aliphatic heterocycles. The molecule has 0 spiro atoms. The first-order chi connectivity index (χ1) is 28.3. The van der Waals surface area contributed by atoms with Crippen molar-refractivity contribution in [2.24, 2.45) is 0 Å². The summed E-state index contributed by atoms with van der Waals surface area (Å²) in [6.45, 7) is 0. The molecule has 0 fully saturated rings. The topological polar surface area (TPSA) is 56.5 Å². The van der Waals surface area contributed by atoms with E-state index in [1.54, 1.807) is 0 Å². The van der Waals surface area contributed by atoms with Crippen molar-refractivity contribution < 1.29 is 0 Å². The summed E-state index contributed by atoms with van der Waals surface area (Å²) in [5, 5.41) is 5.74. The van der Waals surface area contributed by atoms with Gasteiger partial charge in [-0.3, -0.25) is 0 Å². The molecule has 3 heterocycles. The molecule has 0 saturated heterocycles. The number of nitrogens with zero attached hydrogens (tertiary/aromatic N) is 5. The van der Waals surface area contributed by atoms with Crippen molar-refractivity contribution in [3.8, 4) is 62.2 Å². The van der Waals surface area contributed by atoms with E-state index in [0.717, 1.165) is 66.4 Å². The van der Waals surface area contributed by atoms with Crippen LogP contribution in [-0.4, -0.2) is 24.5 Å². The zero-order valence-corrected chi connectivity index (χ0v) is 30.8. The van der Waals surface area contributed by atoms with Crippen molar-refractivity contribution in [3.05, 3.63) is 200 Å². The average molecular weight is 728 g/mol. The van der Waals surface area contributed by atoms with Crippen molar-refractivity contribution >= 4 is 43.5 Å². The summed E-state index contributed by atoms with van der Waals surface area (Å²) in [6.07, 6.45) is 0. The molecule has 57 heavy (non-hydrogen) atoms. The summed E-state index contributed by atoms with van der Waals surface area (Å²) < 4.78 is 2.32. The third-order valence-corrected chi connectivity index (χ3v) is 10.9. The fourth-order valence-electron chi connectivity index (χ4n) is 8.23. The van der Waals surface area contributed by atoms with Crippen LogP contribution >= 0.6 is 0 Å². The summed E-state index contributed by atoms with van der Waals surface area (Å²) in [7, 11) is 0. The van der Waals surface area contributed by atoms with Crippen LogP contribution < -0.4 is 0 Å². The number of benzene rings is 8. The van der Waals surface area contributed by atoms with Gasteiger partial charge in [0.2, 0.25) is 0 Å². The Bertz CT molecular complexity index is 3210. The van der Waals surface area contributed by atoms with Crippen LogP contribution in [0.25, 0.3) is 106 Å². The minimum atomic E-state index is 0.569. The monoisotopic (exact) mass is 727 g/mol. The molecule has 5 heteroatoms. The zero-order chi connectivity index (χ0) is 37.7. The number of hydrogen-bond acceptors (Lipinski definition) is 4. The van der Waals surface area contributed by atoms with Gasteiger partial charge < -0.3 is 4.57 Å². The van der Waals surface area contributed by atoms with Gasteiger partial charge in [-0.05, 0) is 53.6 Å². The molecule has 0 aliphatic carbocycles. The molecule has 0 N–H and O–H groups in total. The van der Waals surface area contributed by atoms with Crippen molar-refractivity contribution in [2.45, 2.75) is 0 Å². The molecule has 0 unspecified atom stereocenters. The maximum atomic E-state index is 5.48. The largest absolute Gasteiger partial charge is 0.309 e. The van der Waals surface area contributed by atoms with Gasteiger partial charge in [0.25, 0.3) is 0 Å². The predicted molar refractivity (Wildman–Crippen MR) is 234 cm³/mol. The molecule has 8 aromatic carbocycles. The number of para-hydroxylation sites is 3. The van der Waals surface area contributed by atoms with E-state index in [4.69, 9.17) is 19.9 Å². The third kappa shape index (κ3) is 5.56. The molecule has 0 bridgehead atoms. The van der Waals surface area contributed by atoms with E-state index < -0.39 is 0 Å². The summed E-state index contributed by atoms with van der Waals surface area (Å²) in [5.41, 5.74) is 11.2. The standard InChI is InChI=1S/C52H33N5/c1-4-16-34(17-5-1)39-24-14-25-42-47(39)43-26-15-27-44(49(43)53-48(42)35-18-6-2-7-19-35)52-55-50(36-20-8-3-9-21-36)54-51(56-52)37-30-32-38(33-31-37)57-45-28-12-10-22-40(45)41-23-11-13-29-46(41)57/h1-33H.